The molecule has 0 aromatic rings. The molecule has 0 spiro atoms. The van der Waals surface area contributed by atoms with Gasteiger partial charge in [0, 0.05) is 12.1 Å². The Kier molecular flexibility index (Phi) is 4.74. The topological polar surface area (TPSA) is 32.3 Å². The van der Waals surface area contributed by atoms with Crippen LogP contribution in [-0.2, 0) is 0 Å². The number of nitrogens with one attached hydrogen (secondary N) is 1. The Morgan fingerprint density at radius 2 is 2.15 bits per heavy atom. The summed E-state index contributed by atoms with van der Waals surface area (Å²) >= 11 is 0. The lowest BCUT2D eigenvalue weighted by atomic mass is 9.81. The lowest BCUT2D eigenvalue weighted by Crippen LogP contribution is -2.40. The van der Waals surface area contributed by atoms with E-state index in [0.29, 0.717) is 12.1 Å². The van der Waals surface area contributed by atoms with E-state index in [-0.39, 0.29) is 6.61 Å². The minimum Gasteiger partial charge on any atom is -0.395 e. The molecule has 0 aromatic heterocycles. The Morgan fingerprint density at radius 1 is 1.46 bits per heavy atom. The van der Waals surface area contributed by atoms with Crippen molar-refractivity contribution in [2.45, 2.75) is 58.0 Å². The summed E-state index contributed by atoms with van der Waals surface area (Å²) in [5, 5.41) is 12.5. The molecule has 1 fully saturated rings. The van der Waals surface area contributed by atoms with Gasteiger partial charge in [-0.2, -0.15) is 0 Å². The van der Waals surface area contributed by atoms with Crippen molar-refractivity contribution in [2.75, 3.05) is 6.61 Å². The molecule has 0 aromatic carbocycles. The van der Waals surface area contributed by atoms with Gasteiger partial charge >= 0.3 is 0 Å². The van der Waals surface area contributed by atoms with Crippen LogP contribution >= 0.6 is 0 Å². The van der Waals surface area contributed by atoms with Gasteiger partial charge < -0.3 is 10.4 Å². The maximum Gasteiger partial charge on any atom is 0.0584 e. The fraction of sp³-hybridized carbons (Fsp3) is 1.00. The molecule has 1 rings (SSSR count). The van der Waals surface area contributed by atoms with Crippen LogP contribution < -0.4 is 5.32 Å². The summed E-state index contributed by atoms with van der Waals surface area (Å²) in [6, 6.07) is 0.873. The second kappa shape index (κ2) is 5.61. The van der Waals surface area contributed by atoms with Crippen LogP contribution in [0, 0.1) is 5.92 Å². The quantitative estimate of drug-likeness (QED) is 0.662. The minimum absolute atomic E-state index is 0.269. The molecule has 0 amide bonds. The zero-order chi connectivity index (χ0) is 9.68. The fourth-order valence-corrected chi connectivity index (χ4v) is 2.00. The largest absolute Gasteiger partial charge is 0.395 e. The van der Waals surface area contributed by atoms with E-state index in [9.17, 15) is 0 Å². The first-order valence-corrected chi connectivity index (χ1v) is 5.63. The van der Waals surface area contributed by atoms with Gasteiger partial charge in [0.15, 0.2) is 0 Å². The molecular weight excluding hydrogens is 162 g/mol. The van der Waals surface area contributed by atoms with Gasteiger partial charge in [0.1, 0.15) is 0 Å². The van der Waals surface area contributed by atoms with E-state index in [4.69, 9.17) is 5.11 Å². The molecule has 78 valence electrons. The normalized spacial score (nSPS) is 22.4. The molecule has 1 aliphatic rings. The first-order valence-electron chi connectivity index (χ1n) is 5.63. The highest BCUT2D eigenvalue weighted by Gasteiger charge is 2.20. The average Bonchev–Trinajstić information content (AvgIpc) is 2.07. The molecule has 13 heavy (non-hydrogen) atoms. The van der Waals surface area contributed by atoms with Crippen molar-refractivity contribution < 1.29 is 5.11 Å². The Hall–Kier alpha value is -0.0800. The molecule has 0 bridgehead atoms. The maximum atomic E-state index is 9.02. The standard InChI is InChI=1S/C11H23NO/c1-3-11(8-13)12-9(2)7-10-5-4-6-10/h9-13H,3-8H2,1-2H3/t9?,11-/m0/s1. The zero-order valence-electron chi connectivity index (χ0n) is 8.92. The van der Waals surface area contributed by atoms with E-state index < -0.39 is 0 Å². The molecule has 0 radical (unpaired) electrons. The van der Waals surface area contributed by atoms with Gasteiger partial charge in [-0.25, -0.2) is 0 Å². The SMILES string of the molecule is CC[C@@H](CO)NC(C)CC1CCC1. The molecular formula is C11H23NO. The van der Waals surface area contributed by atoms with E-state index in [2.05, 4.69) is 19.2 Å². The molecule has 2 heteroatoms. The number of aliphatic hydroxyl groups excluding tert-OH is 1. The molecule has 2 N–H and O–H groups in total. The highest BCUT2D eigenvalue weighted by atomic mass is 16.3. The Bertz CT molecular complexity index is 130. The van der Waals surface area contributed by atoms with Crippen molar-refractivity contribution in [3.8, 4) is 0 Å². The number of aliphatic hydroxyl groups is 1. The van der Waals surface area contributed by atoms with Gasteiger partial charge in [0.05, 0.1) is 6.61 Å². The molecule has 2 atom stereocenters. The van der Waals surface area contributed by atoms with Crippen LogP contribution in [0.1, 0.15) is 46.0 Å². The first kappa shape index (κ1) is 11.0. The molecule has 1 aliphatic carbocycles. The minimum atomic E-state index is 0.269. The second-order valence-electron chi connectivity index (χ2n) is 4.39. The van der Waals surface area contributed by atoms with Crippen LogP contribution in [0.3, 0.4) is 0 Å². The third kappa shape index (κ3) is 3.65. The van der Waals surface area contributed by atoms with Crippen LogP contribution in [0.2, 0.25) is 0 Å². The van der Waals surface area contributed by atoms with E-state index in [1.165, 1.54) is 25.7 Å². The van der Waals surface area contributed by atoms with Crippen molar-refractivity contribution in [1.29, 1.82) is 0 Å². The molecule has 1 saturated carbocycles. The average molecular weight is 185 g/mol. The van der Waals surface area contributed by atoms with Crippen molar-refractivity contribution in [3.63, 3.8) is 0 Å². The van der Waals surface area contributed by atoms with Gasteiger partial charge in [-0.1, -0.05) is 26.2 Å². The van der Waals surface area contributed by atoms with E-state index in [1.54, 1.807) is 0 Å². The molecule has 2 nitrogen and oxygen atoms in total. The second-order valence-corrected chi connectivity index (χ2v) is 4.39. The lowest BCUT2D eigenvalue weighted by Gasteiger charge is -2.30. The Labute approximate surface area is 81.7 Å². The predicted molar refractivity (Wildman–Crippen MR) is 55.7 cm³/mol. The third-order valence-corrected chi connectivity index (χ3v) is 3.15. The monoisotopic (exact) mass is 185 g/mol. The van der Waals surface area contributed by atoms with Crippen LogP contribution in [0.15, 0.2) is 0 Å². The molecule has 0 aliphatic heterocycles. The molecule has 0 saturated heterocycles. The van der Waals surface area contributed by atoms with Crippen LogP contribution in [-0.4, -0.2) is 23.8 Å². The van der Waals surface area contributed by atoms with Gasteiger partial charge in [-0.15, -0.1) is 0 Å². The summed E-state index contributed by atoms with van der Waals surface area (Å²) < 4.78 is 0. The van der Waals surface area contributed by atoms with Gasteiger partial charge in [-0.3, -0.25) is 0 Å². The summed E-state index contributed by atoms with van der Waals surface area (Å²) in [7, 11) is 0. The van der Waals surface area contributed by atoms with Crippen molar-refractivity contribution >= 4 is 0 Å². The van der Waals surface area contributed by atoms with E-state index in [1.807, 2.05) is 0 Å². The number of rotatable bonds is 6. The number of hydrogen-bond donors (Lipinski definition) is 2. The van der Waals surface area contributed by atoms with Gasteiger partial charge in [-0.05, 0) is 25.7 Å². The fourth-order valence-electron chi connectivity index (χ4n) is 2.00. The van der Waals surface area contributed by atoms with Gasteiger partial charge in [0.25, 0.3) is 0 Å². The summed E-state index contributed by atoms with van der Waals surface area (Å²) in [6.45, 7) is 4.62. The smallest absolute Gasteiger partial charge is 0.0584 e. The van der Waals surface area contributed by atoms with Crippen molar-refractivity contribution in [3.05, 3.63) is 0 Å². The summed E-state index contributed by atoms with van der Waals surface area (Å²) in [6.07, 6.45) is 6.57. The Balaban J connectivity index is 2.10. The molecule has 0 heterocycles. The Morgan fingerprint density at radius 3 is 2.54 bits per heavy atom. The van der Waals surface area contributed by atoms with Crippen LogP contribution in [0.5, 0.6) is 0 Å². The third-order valence-electron chi connectivity index (χ3n) is 3.15. The summed E-state index contributed by atoms with van der Waals surface area (Å²) in [4.78, 5) is 0. The first-order chi connectivity index (χ1) is 6.26. The highest BCUT2D eigenvalue weighted by molar-refractivity contribution is 4.77. The summed E-state index contributed by atoms with van der Waals surface area (Å²) in [5.74, 6) is 0.957. The lowest BCUT2D eigenvalue weighted by molar-refractivity contribution is 0.208. The van der Waals surface area contributed by atoms with Crippen molar-refractivity contribution in [2.24, 2.45) is 5.92 Å². The van der Waals surface area contributed by atoms with Crippen LogP contribution in [0.4, 0.5) is 0 Å². The highest BCUT2D eigenvalue weighted by Crippen LogP contribution is 2.30. The van der Waals surface area contributed by atoms with Crippen molar-refractivity contribution in [1.82, 2.24) is 5.32 Å². The van der Waals surface area contributed by atoms with Gasteiger partial charge in [0.2, 0.25) is 0 Å². The van der Waals surface area contributed by atoms with Crippen LogP contribution in [0.25, 0.3) is 0 Å². The van der Waals surface area contributed by atoms with E-state index >= 15 is 0 Å². The van der Waals surface area contributed by atoms with E-state index in [0.717, 1.165) is 12.3 Å². The zero-order valence-corrected chi connectivity index (χ0v) is 8.92. The summed E-state index contributed by atoms with van der Waals surface area (Å²) in [5.41, 5.74) is 0. The number of hydrogen-bond acceptors (Lipinski definition) is 2. The maximum absolute atomic E-state index is 9.02. The predicted octanol–water partition coefficient (Wildman–Crippen LogP) is 1.93. The molecule has 1 unspecified atom stereocenters.